The van der Waals surface area contributed by atoms with Gasteiger partial charge in [-0.05, 0) is 38.1 Å². The van der Waals surface area contributed by atoms with Crippen molar-refractivity contribution in [2.45, 2.75) is 32.9 Å². The smallest absolute Gasteiger partial charge is 0.253 e. The monoisotopic (exact) mass is 369 g/mol. The molecule has 3 rings (SSSR count). The molecule has 1 aromatic carbocycles. The average molecular weight is 369 g/mol. The molecule has 0 aliphatic carbocycles. The molecule has 142 valence electrons. The van der Waals surface area contributed by atoms with Crippen molar-refractivity contribution < 1.29 is 18.8 Å². The van der Waals surface area contributed by atoms with E-state index in [4.69, 9.17) is 4.42 Å². The highest BCUT2D eigenvalue weighted by Crippen LogP contribution is 2.23. The zero-order valence-corrected chi connectivity index (χ0v) is 15.4. The van der Waals surface area contributed by atoms with Gasteiger partial charge in [-0.15, -0.1) is 0 Å². The molecule has 0 unspecified atom stereocenters. The van der Waals surface area contributed by atoms with E-state index in [1.54, 1.807) is 47.6 Å². The Labute approximate surface area is 157 Å². The number of rotatable bonds is 6. The Kier molecular flexibility index (Phi) is 5.59. The fourth-order valence-electron chi connectivity index (χ4n) is 3.11. The summed E-state index contributed by atoms with van der Waals surface area (Å²) in [6.07, 6.45) is 1.73. The summed E-state index contributed by atoms with van der Waals surface area (Å²) in [5, 5.41) is 5.57. The molecule has 27 heavy (non-hydrogen) atoms. The van der Waals surface area contributed by atoms with E-state index in [1.165, 1.54) is 0 Å². The Morgan fingerprint density at radius 2 is 2.00 bits per heavy atom. The van der Waals surface area contributed by atoms with Crippen LogP contribution in [0.25, 0.3) is 0 Å². The maximum atomic E-state index is 12.6. The van der Waals surface area contributed by atoms with Crippen LogP contribution in [0.5, 0.6) is 0 Å². The van der Waals surface area contributed by atoms with E-state index >= 15 is 0 Å². The second-order valence-corrected chi connectivity index (χ2v) is 6.84. The number of furan rings is 1. The minimum absolute atomic E-state index is 0.0189. The number of amides is 3. The Hall–Kier alpha value is -3.09. The number of hydrogen-bond acceptors (Lipinski definition) is 4. The number of carbonyl (C=O) groups is 3. The quantitative estimate of drug-likeness (QED) is 0.818. The molecule has 2 aromatic rings. The van der Waals surface area contributed by atoms with Gasteiger partial charge >= 0.3 is 0 Å². The molecule has 3 amide bonds. The summed E-state index contributed by atoms with van der Waals surface area (Å²) in [6, 6.07) is 10.4. The summed E-state index contributed by atoms with van der Waals surface area (Å²) in [5.74, 6) is -0.358. The average Bonchev–Trinajstić information content (AvgIpc) is 3.29. The molecule has 0 spiro atoms. The number of hydrogen-bond donors (Lipinski definition) is 2. The predicted octanol–water partition coefficient (Wildman–Crippen LogP) is 2.41. The van der Waals surface area contributed by atoms with Gasteiger partial charge in [0, 0.05) is 19.0 Å². The van der Waals surface area contributed by atoms with E-state index < -0.39 is 5.92 Å². The number of benzene rings is 1. The van der Waals surface area contributed by atoms with E-state index in [0.717, 1.165) is 0 Å². The van der Waals surface area contributed by atoms with Gasteiger partial charge in [-0.25, -0.2) is 0 Å². The summed E-state index contributed by atoms with van der Waals surface area (Å²) in [5.41, 5.74) is 0.789. The molecule has 1 fully saturated rings. The predicted molar refractivity (Wildman–Crippen MR) is 99.9 cm³/mol. The van der Waals surface area contributed by atoms with E-state index in [2.05, 4.69) is 10.6 Å². The van der Waals surface area contributed by atoms with E-state index in [1.807, 2.05) is 13.8 Å². The lowest BCUT2D eigenvalue weighted by Gasteiger charge is -2.20. The van der Waals surface area contributed by atoms with Gasteiger partial charge in [0.05, 0.1) is 30.0 Å². The number of nitrogens with one attached hydrogen (secondary N) is 2. The van der Waals surface area contributed by atoms with E-state index in [0.29, 0.717) is 23.6 Å². The maximum Gasteiger partial charge on any atom is 0.253 e. The van der Waals surface area contributed by atoms with Crippen LogP contribution in [-0.4, -0.2) is 35.2 Å². The normalized spacial score (nSPS) is 16.6. The highest BCUT2D eigenvalue weighted by Gasteiger charge is 2.35. The molecule has 1 aliphatic rings. The highest BCUT2D eigenvalue weighted by molar-refractivity contribution is 6.05. The third kappa shape index (κ3) is 4.36. The third-order valence-electron chi connectivity index (χ3n) is 4.59. The first kappa shape index (κ1) is 18.7. The van der Waals surface area contributed by atoms with Crippen molar-refractivity contribution in [2.75, 3.05) is 11.9 Å². The summed E-state index contributed by atoms with van der Waals surface area (Å²) in [4.78, 5) is 38.8. The first-order valence-corrected chi connectivity index (χ1v) is 8.95. The molecule has 7 nitrogen and oxygen atoms in total. The van der Waals surface area contributed by atoms with Crippen molar-refractivity contribution in [1.29, 1.82) is 0 Å². The zero-order chi connectivity index (χ0) is 19.4. The van der Waals surface area contributed by atoms with Crippen molar-refractivity contribution in [3.05, 3.63) is 54.0 Å². The van der Waals surface area contributed by atoms with Crippen LogP contribution in [0.15, 0.2) is 47.1 Å². The summed E-state index contributed by atoms with van der Waals surface area (Å²) < 4.78 is 5.20. The van der Waals surface area contributed by atoms with Crippen LogP contribution in [0.4, 0.5) is 5.69 Å². The number of likely N-dealkylation sites (tertiary alicyclic amines) is 1. The van der Waals surface area contributed by atoms with Gasteiger partial charge in [0.1, 0.15) is 5.76 Å². The van der Waals surface area contributed by atoms with Gasteiger partial charge in [-0.2, -0.15) is 0 Å². The van der Waals surface area contributed by atoms with Crippen LogP contribution in [0.1, 0.15) is 36.4 Å². The molecule has 1 atom stereocenters. The van der Waals surface area contributed by atoms with Crippen LogP contribution in [0.3, 0.4) is 0 Å². The van der Waals surface area contributed by atoms with E-state index in [9.17, 15) is 14.4 Å². The largest absolute Gasteiger partial charge is 0.467 e. The molecule has 1 saturated heterocycles. The van der Waals surface area contributed by atoms with Crippen molar-refractivity contribution in [3.63, 3.8) is 0 Å². The summed E-state index contributed by atoms with van der Waals surface area (Å²) >= 11 is 0. The van der Waals surface area contributed by atoms with Crippen LogP contribution in [-0.2, 0) is 16.1 Å². The molecular weight excluding hydrogens is 346 g/mol. The van der Waals surface area contributed by atoms with Gasteiger partial charge in [0.2, 0.25) is 11.8 Å². The second kappa shape index (κ2) is 8.07. The van der Waals surface area contributed by atoms with Crippen molar-refractivity contribution in [3.8, 4) is 0 Å². The highest BCUT2D eigenvalue weighted by atomic mass is 16.3. The minimum Gasteiger partial charge on any atom is -0.467 e. The molecule has 0 saturated carbocycles. The van der Waals surface area contributed by atoms with Crippen molar-refractivity contribution >= 4 is 23.4 Å². The molecule has 1 aliphatic heterocycles. The Bertz CT molecular complexity index is 830. The minimum atomic E-state index is -0.417. The molecule has 1 aromatic heterocycles. The van der Waals surface area contributed by atoms with Gasteiger partial charge in [-0.1, -0.05) is 12.1 Å². The first-order chi connectivity index (χ1) is 13.0. The van der Waals surface area contributed by atoms with Crippen molar-refractivity contribution in [1.82, 2.24) is 10.2 Å². The van der Waals surface area contributed by atoms with Crippen LogP contribution in [0, 0.1) is 5.92 Å². The Balaban J connectivity index is 1.66. The van der Waals surface area contributed by atoms with Gasteiger partial charge in [0.15, 0.2) is 0 Å². The third-order valence-corrected chi connectivity index (χ3v) is 4.59. The van der Waals surface area contributed by atoms with Crippen molar-refractivity contribution in [2.24, 2.45) is 5.92 Å². The number of para-hydroxylation sites is 1. The van der Waals surface area contributed by atoms with Crippen LogP contribution >= 0.6 is 0 Å². The van der Waals surface area contributed by atoms with Gasteiger partial charge in [0.25, 0.3) is 5.91 Å². The molecule has 0 bridgehead atoms. The summed E-state index contributed by atoms with van der Waals surface area (Å²) in [6.45, 7) is 4.51. The molecule has 7 heteroatoms. The number of nitrogens with zero attached hydrogens (tertiary/aromatic N) is 1. The number of carbonyl (C=O) groups excluding carboxylic acids is 3. The fourth-order valence-corrected chi connectivity index (χ4v) is 3.11. The Morgan fingerprint density at radius 3 is 2.67 bits per heavy atom. The molecule has 0 radical (unpaired) electrons. The van der Waals surface area contributed by atoms with E-state index in [-0.39, 0.29) is 36.7 Å². The maximum absolute atomic E-state index is 12.6. The summed E-state index contributed by atoms with van der Waals surface area (Å²) in [7, 11) is 0. The number of anilines is 1. The topological polar surface area (TPSA) is 91.7 Å². The Morgan fingerprint density at radius 1 is 1.22 bits per heavy atom. The van der Waals surface area contributed by atoms with Crippen LogP contribution < -0.4 is 10.6 Å². The second-order valence-electron chi connectivity index (χ2n) is 6.84. The lowest BCUT2D eigenvalue weighted by molar-refractivity contribution is -0.129. The zero-order valence-electron chi connectivity index (χ0n) is 15.4. The van der Waals surface area contributed by atoms with Gasteiger partial charge in [-0.3, -0.25) is 14.4 Å². The lowest BCUT2D eigenvalue weighted by atomic mass is 10.1. The molecular formula is C20H23N3O4. The lowest BCUT2D eigenvalue weighted by Crippen LogP contribution is -2.33. The van der Waals surface area contributed by atoms with Gasteiger partial charge < -0.3 is 20.0 Å². The molecule has 2 heterocycles. The van der Waals surface area contributed by atoms with Crippen LogP contribution in [0.2, 0.25) is 0 Å². The first-order valence-electron chi connectivity index (χ1n) is 8.95. The fraction of sp³-hybridized carbons (Fsp3) is 0.350. The molecule has 2 N–H and O–H groups in total. The SMILES string of the molecule is CC(C)N1C[C@@H](C(=O)Nc2ccccc2C(=O)NCc2ccco2)CC1=O. The standard InChI is InChI=1S/C20H23N3O4/c1-13(2)23-12-14(10-18(23)24)19(25)22-17-8-4-3-7-16(17)20(26)21-11-15-6-5-9-27-15/h3-9,13-14H,10-12H2,1-2H3,(H,21,26)(H,22,25)/t14-/m0/s1.